The number of carbonyl (C=O) groups is 2. The van der Waals surface area contributed by atoms with Crippen LogP contribution in [0.4, 0.5) is 17.3 Å². The van der Waals surface area contributed by atoms with E-state index in [2.05, 4.69) is 46.4 Å². The van der Waals surface area contributed by atoms with Gasteiger partial charge in [-0.25, -0.2) is 9.67 Å². The molecule has 3 aromatic rings. The molecule has 5 rings (SSSR count). The second-order valence-electron chi connectivity index (χ2n) is 12.7. The first-order chi connectivity index (χ1) is 20.4. The van der Waals surface area contributed by atoms with Crippen LogP contribution in [0.1, 0.15) is 61.1 Å². The van der Waals surface area contributed by atoms with Crippen LogP contribution >= 0.6 is 0 Å². The highest BCUT2D eigenvalue weighted by Crippen LogP contribution is 2.26. The van der Waals surface area contributed by atoms with Gasteiger partial charge < -0.3 is 20.4 Å². The van der Waals surface area contributed by atoms with Crippen molar-refractivity contribution in [2.24, 2.45) is 7.05 Å². The molecule has 4 heterocycles. The molecular formula is C32H42N8O3. The van der Waals surface area contributed by atoms with Crippen LogP contribution < -0.4 is 21.1 Å². The lowest BCUT2D eigenvalue weighted by Crippen LogP contribution is -2.49. The van der Waals surface area contributed by atoms with E-state index in [0.717, 1.165) is 31.5 Å². The zero-order valence-corrected chi connectivity index (χ0v) is 25.9. The number of piperidine rings is 1. The number of benzene rings is 1. The van der Waals surface area contributed by atoms with Gasteiger partial charge >= 0.3 is 0 Å². The van der Waals surface area contributed by atoms with Crippen molar-refractivity contribution in [2.45, 2.75) is 51.1 Å². The van der Waals surface area contributed by atoms with Crippen molar-refractivity contribution in [3.05, 3.63) is 75.7 Å². The van der Waals surface area contributed by atoms with Crippen molar-refractivity contribution in [3.8, 4) is 0 Å². The maximum absolute atomic E-state index is 13.0. The van der Waals surface area contributed by atoms with Crippen molar-refractivity contribution in [2.75, 3.05) is 50.5 Å². The van der Waals surface area contributed by atoms with Gasteiger partial charge in [0.1, 0.15) is 17.5 Å². The van der Waals surface area contributed by atoms with Crippen LogP contribution in [0, 0.1) is 0 Å². The summed E-state index contributed by atoms with van der Waals surface area (Å²) in [7, 11) is 5.37. The molecule has 228 valence electrons. The quantitative estimate of drug-likeness (QED) is 0.453. The fourth-order valence-electron chi connectivity index (χ4n) is 5.65. The SMILES string of the molecule is CN1CCN(C)C(c2ccc(Nc3cc(N4CCCC(NC(=O)c5ccc(C(C)(C)C)cc5)C4)nn(C)c3=O)nc2)C1=O. The molecular weight excluding hydrogens is 544 g/mol. The number of carbonyl (C=O) groups excluding carboxylic acids is 2. The van der Waals surface area contributed by atoms with E-state index < -0.39 is 0 Å². The zero-order valence-electron chi connectivity index (χ0n) is 25.9. The van der Waals surface area contributed by atoms with E-state index >= 15 is 0 Å². The third-order valence-corrected chi connectivity index (χ3v) is 8.35. The topological polar surface area (TPSA) is 116 Å². The van der Waals surface area contributed by atoms with Crippen LogP contribution in [0.2, 0.25) is 0 Å². The lowest BCUT2D eigenvalue weighted by Gasteiger charge is -2.36. The van der Waals surface area contributed by atoms with Crippen LogP contribution in [-0.4, -0.2) is 82.7 Å². The lowest BCUT2D eigenvalue weighted by molar-refractivity contribution is -0.139. The van der Waals surface area contributed by atoms with Gasteiger partial charge in [-0.1, -0.05) is 39.0 Å². The normalized spacial score (nSPS) is 19.8. The molecule has 0 radical (unpaired) electrons. The summed E-state index contributed by atoms with van der Waals surface area (Å²) in [6.45, 7) is 9.29. The molecule has 43 heavy (non-hydrogen) atoms. The largest absolute Gasteiger partial charge is 0.353 e. The molecule has 2 aliphatic rings. The van der Waals surface area contributed by atoms with Crippen LogP contribution in [-0.2, 0) is 17.3 Å². The van der Waals surface area contributed by atoms with E-state index in [-0.39, 0.29) is 34.9 Å². The van der Waals surface area contributed by atoms with Gasteiger partial charge in [0.15, 0.2) is 5.82 Å². The third-order valence-electron chi connectivity index (χ3n) is 8.35. The van der Waals surface area contributed by atoms with Gasteiger partial charge in [0.25, 0.3) is 11.5 Å². The number of piperazine rings is 1. The third kappa shape index (κ3) is 6.72. The Hall–Kier alpha value is -4.25. The molecule has 2 amide bonds. The first-order valence-corrected chi connectivity index (χ1v) is 14.8. The number of aryl methyl sites for hydroxylation is 1. The van der Waals surface area contributed by atoms with E-state index in [9.17, 15) is 14.4 Å². The zero-order chi connectivity index (χ0) is 30.9. The minimum absolute atomic E-state index is 0.0264. The van der Waals surface area contributed by atoms with Gasteiger partial charge in [-0.2, -0.15) is 5.10 Å². The van der Waals surface area contributed by atoms with Gasteiger partial charge in [-0.3, -0.25) is 19.3 Å². The van der Waals surface area contributed by atoms with Crippen molar-refractivity contribution < 1.29 is 9.59 Å². The highest BCUT2D eigenvalue weighted by atomic mass is 16.2. The maximum Gasteiger partial charge on any atom is 0.290 e. The summed E-state index contributed by atoms with van der Waals surface area (Å²) < 4.78 is 1.32. The van der Waals surface area contributed by atoms with Crippen LogP contribution in [0.25, 0.3) is 0 Å². The molecule has 11 nitrogen and oxygen atoms in total. The lowest BCUT2D eigenvalue weighted by atomic mass is 9.86. The standard InChI is InChI=1S/C32H42N8O3/c1-32(2,3)23-12-9-21(10-13-23)29(41)34-24-8-7-15-40(20-24)27-18-25(30(42)39(6)36-27)35-26-14-11-22(19-33-26)28-31(43)38(5)17-16-37(28)4/h9-14,18-19,24,28H,7-8,15-17,20H2,1-6H3,(H,33,35)(H,34,41). The van der Waals surface area contributed by atoms with Crippen molar-refractivity contribution in [1.29, 1.82) is 0 Å². The maximum atomic E-state index is 13.0. The number of nitrogens with zero attached hydrogens (tertiary/aromatic N) is 6. The summed E-state index contributed by atoms with van der Waals surface area (Å²) in [6, 6.07) is 12.8. The fourth-order valence-corrected chi connectivity index (χ4v) is 5.65. The van der Waals surface area contributed by atoms with E-state index in [1.165, 1.54) is 10.2 Å². The monoisotopic (exact) mass is 586 g/mol. The molecule has 2 saturated heterocycles. The molecule has 0 saturated carbocycles. The summed E-state index contributed by atoms with van der Waals surface area (Å²) >= 11 is 0. The number of likely N-dealkylation sites (N-methyl/N-ethyl adjacent to an activating group) is 2. The summed E-state index contributed by atoms with van der Waals surface area (Å²) in [5, 5.41) is 10.8. The van der Waals surface area contributed by atoms with Crippen LogP contribution in [0.5, 0.6) is 0 Å². The number of amides is 2. The van der Waals surface area contributed by atoms with E-state index in [1.54, 1.807) is 30.3 Å². The molecule has 11 heteroatoms. The minimum Gasteiger partial charge on any atom is -0.353 e. The van der Waals surface area contributed by atoms with Gasteiger partial charge in [0.05, 0.1) is 0 Å². The summed E-state index contributed by atoms with van der Waals surface area (Å²) in [6.07, 6.45) is 3.43. The number of anilines is 3. The second kappa shape index (κ2) is 12.2. The Kier molecular flexibility index (Phi) is 8.55. The van der Waals surface area contributed by atoms with Crippen LogP contribution in [0.15, 0.2) is 53.5 Å². The molecule has 2 N–H and O–H groups in total. The minimum atomic E-state index is -0.379. The van der Waals surface area contributed by atoms with E-state index in [0.29, 0.717) is 36.0 Å². The molecule has 2 aliphatic heterocycles. The molecule has 2 atom stereocenters. The smallest absolute Gasteiger partial charge is 0.290 e. The number of aromatic nitrogens is 3. The van der Waals surface area contributed by atoms with Crippen molar-refractivity contribution >= 4 is 29.1 Å². The summed E-state index contributed by atoms with van der Waals surface area (Å²) in [4.78, 5) is 49.1. The molecule has 2 unspecified atom stereocenters. The Morgan fingerprint density at radius 2 is 1.72 bits per heavy atom. The van der Waals surface area contributed by atoms with Crippen molar-refractivity contribution in [1.82, 2.24) is 29.9 Å². The van der Waals surface area contributed by atoms with Gasteiger partial charge in [-0.05, 0) is 54.6 Å². The van der Waals surface area contributed by atoms with Gasteiger partial charge in [-0.15, -0.1) is 0 Å². The Morgan fingerprint density at radius 3 is 2.40 bits per heavy atom. The summed E-state index contributed by atoms with van der Waals surface area (Å²) in [5.41, 5.74) is 2.73. The predicted molar refractivity (Wildman–Crippen MR) is 168 cm³/mol. The molecule has 0 aliphatic carbocycles. The van der Waals surface area contributed by atoms with Gasteiger partial charge in [0.2, 0.25) is 5.91 Å². The Balaban J connectivity index is 1.27. The average Bonchev–Trinajstić information content (AvgIpc) is 2.98. The van der Waals surface area contributed by atoms with Gasteiger partial charge in [0, 0.05) is 64.1 Å². The second-order valence-corrected chi connectivity index (χ2v) is 12.7. The fraction of sp³-hybridized carbons (Fsp3) is 0.469. The number of nitrogens with one attached hydrogen (secondary N) is 2. The van der Waals surface area contributed by atoms with E-state index in [1.807, 2.05) is 49.3 Å². The summed E-state index contributed by atoms with van der Waals surface area (Å²) in [5.74, 6) is 1.09. The number of pyridine rings is 1. The Bertz CT molecular complexity index is 1530. The highest BCUT2D eigenvalue weighted by Gasteiger charge is 2.32. The number of hydrogen-bond donors (Lipinski definition) is 2. The number of hydrogen-bond acceptors (Lipinski definition) is 8. The van der Waals surface area contributed by atoms with Crippen molar-refractivity contribution in [3.63, 3.8) is 0 Å². The Labute approximate surface area is 252 Å². The molecule has 2 aromatic heterocycles. The van der Waals surface area contributed by atoms with E-state index in [4.69, 9.17) is 0 Å². The molecule has 0 spiro atoms. The molecule has 0 bridgehead atoms. The first kappa shape index (κ1) is 30.2. The highest BCUT2D eigenvalue weighted by molar-refractivity contribution is 5.94. The predicted octanol–water partition coefficient (Wildman–Crippen LogP) is 3.06. The molecule has 2 fully saturated rings. The number of rotatable bonds is 6. The first-order valence-electron chi connectivity index (χ1n) is 14.8. The van der Waals surface area contributed by atoms with Crippen LogP contribution in [0.3, 0.4) is 0 Å². The average molecular weight is 587 g/mol. The Morgan fingerprint density at radius 1 is 0.977 bits per heavy atom. The molecule has 1 aromatic carbocycles.